The van der Waals surface area contributed by atoms with Crippen molar-refractivity contribution in [2.75, 3.05) is 0 Å². The third-order valence-corrected chi connectivity index (χ3v) is 8.18. The quantitative estimate of drug-likeness (QED) is 0.341. The number of nitrogens with zero attached hydrogens (tertiary/aromatic N) is 1. The predicted molar refractivity (Wildman–Crippen MR) is 126 cm³/mol. The average molecular weight is 398 g/mol. The van der Waals surface area contributed by atoms with Crippen LogP contribution in [0.15, 0.2) is 18.3 Å². The van der Waals surface area contributed by atoms with Gasteiger partial charge in [0.1, 0.15) is 0 Å². The molecule has 0 aliphatic heterocycles. The van der Waals surface area contributed by atoms with E-state index in [0.29, 0.717) is 0 Å². The number of pyridine rings is 1. The van der Waals surface area contributed by atoms with Crippen LogP contribution in [0, 0.1) is 23.7 Å². The summed E-state index contributed by atoms with van der Waals surface area (Å²) in [7, 11) is 0. The van der Waals surface area contributed by atoms with Gasteiger partial charge in [0.2, 0.25) is 0 Å². The van der Waals surface area contributed by atoms with Gasteiger partial charge < -0.3 is 0 Å². The van der Waals surface area contributed by atoms with Gasteiger partial charge in [-0.15, -0.1) is 0 Å². The van der Waals surface area contributed by atoms with Gasteiger partial charge in [-0.05, 0) is 86.7 Å². The Hall–Kier alpha value is -0.850. The highest BCUT2D eigenvalue weighted by atomic mass is 14.7. The van der Waals surface area contributed by atoms with Gasteiger partial charge in [0, 0.05) is 11.9 Å². The molecule has 1 heteroatoms. The maximum atomic E-state index is 4.74. The van der Waals surface area contributed by atoms with Crippen LogP contribution in [0.5, 0.6) is 0 Å². The first-order chi connectivity index (χ1) is 14.3. The van der Waals surface area contributed by atoms with Crippen molar-refractivity contribution in [3.8, 4) is 0 Å². The molecule has 2 saturated carbocycles. The summed E-state index contributed by atoms with van der Waals surface area (Å²) >= 11 is 0. The fourth-order valence-corrected chi connectivity index (χ4v) is 6.06. The Balaban J connectivity index is 1.30. The van der Waals surface area contributed by atoms with Gasteiger partial charge in [-0.1, -0.05) is 77.7 Å². The summed E-state index contributed by atoms with van der Waals surface area (Å²) in [6, 6.07) is 4.60. The Morgan fingerprint density at radius 2 is 1.31 bits per heavy atom. The molecule has 0 aromatic carbocycles. The second-order valence-corrected chi connectivity index (χ2v) is 10.4. The highest BCUT2D eigenvalue weighted by Gasteiger charge is 2.30. The van der Waals surface area contributed by atoms with E-state index in [-0.39, 0.29) is 0 Å². The molecule has 1 aromatic rings. The maximum absolute atomic E-state index is 4.74. The van der Waals surface area contributed by atoms with Gasteiger partial charge in [-0.25, -0.2) is 0 Å². The number of hydrogen-bond donors (Lipinski definition) is 0. The van der Waals surface area contributed by atoms with Crippen molar-refractivity contribution in [3.63, 3.8) is 0 Å². The summed E-state index contributed by atoms with van der Waals surface area (Å²) < 4.78 is 0. The number of aromatic nitrogens is 1. The molecule has 0 unspecified atom stereocenters. The number of aryl methyl sites for hydroxylation is 2. The summed E-state index contributed by atoms with van der Waals surface area (Å²) in [4.78, 5) is 4.74. The van der Waals surface area contributed by atoms with Crippen LogP contribution in [0.1, 0.15) is 121 Å². The highest BCUT2D eigenvalue weighted by Crippen LogP contribution is 2.43. The van der Waals surface area contributed by atoms with Crippen molar-refractivity contribution in [2.45, 2.75) is 123 Å². The molecule has 164 valence electrons. The van der Waals surface area contributed by atoms with E-state index in [1.165, 1.54) is 108 Å². The van der Waals surface area contributed by atoms with E-state index in [1.807, 2.05) is 0 Å². The number of rotatable bonds is 11. The monoisotopic (exact) mass is 397 g/mol. The molecule has 0 spiro atoms. The van der Waals surface area contributed by atoms with Gasteiger partial charge in [0.25, 0.3) is 0 Å². The van der Waals surface area contributed by atoms with Crippen molar-refractivity contribution in [2.24, 2.45) is 23.7 Å². The lowest BCUT2D eigenvalue weighted by Crippen LogP contribution is -2.26. The second kappa shape index (κ2) is 12.8. The third kappa shape index (κ3) is 7.72. The largest absolute Gasteiger partial charge is 0.261 e. The van der Waals surface area contributed by atoms with E-state index >= 15 is 0 Å². The predicted octanol–water partition coefficient (Wildman–Crippen LogP) is 8.55. The van der Waals surface area contributed by atoms with Gasteiger partial charge >= 0.3 is 0 Å². The van der Waals surface area contributed by atoms with Crippen molar-refractivity contribution >= 4 is 0 Å². The molecule has 1 heterocycles. The molecule has 1 nitrogen and oxygen atoms in total. The van der Waals surface area contributed by atoms with Gasteiger partial charge in [-0.2, -0.15) is 0 Å². The molecule has 0 N–H and O–H groups in total. The first kappa shape index (κ1) is 22.8. The van der Waals surface area contributed by atoms with Gasteiger partial charge in [0.05, 0.1) is 0 Å². The zero-order valence-electron chi connectivity index (χ0n) is 19.5. The van der Waals surface area contributed by atoms with Crippen molar-refractivity contribution < 1.29 is 0 Å². The summed E-state index contributed by atoms with van der Waals surface area (Å²) in [6.45, 7) is 4.59. The molecule has 3 rings (SSSR count). The smallest absolute Gasteiger partial charge is 0.0403 e. The first-order valence-corrected chi connectivity index (χ1v) is 13.2. The first-order valence-electron chi connectivity index (χ1n) is 13.2. The van der Waals surface area contributed by atoms with E-state index in [2.05, 4.69) is 32.2 Å². The Morgan fingerprint density at radius 1 is 0.690 bits per heavy atom. The second-order valence-electron chi connectivity index (χ2n) is 10.4. The van der Waals surface area contributed by atoms with Crippen LogP contribution >= 0.6 is 0 Å². The lowest BCUT2D eigenvalue weighted by Gasteiger charge is -2.38. The molecule has 2 aliphatic carbocycles. The van der Waals surface area contributed by atoms with Gasteiger partial charge in [0.15, 0.2) is 0 Å². The van der Waals surface area contributed by atoms with Crippen LogP contribution in [0.4, 0.5) is 0 Å². The standard InChI is InChI=1S/C28H47N/c1-3-5-7-9-23-10-16-26(17-11-23)27-18-12-24(13-19-27)14-20-28-21-15-25(22-29-28)8-6-4-2/h15,21-24,26-27H,3-14,16-20H2,1-2H3. The molecule has 29 heavy (non-hydrogen) atoms. The number of unbranched alkanes of at least 4 members (excludes halogenated alkanes) is 3. The Kier molecular flexibility index (Phi) is 10.0. The molecular formula is C28H47N. The topological polar surface area (TPSA) is 12.9 Å². The Bertz CT molecular complexity index is 532. The van der Waals surface area contributed by atoms with Crippen LogP contribution in [0.3, 0.4) is 0 Å². The molecule has 0 radical (unpaired) electrons. The maximum Gasteiger partial charge on any atom is 0.0403 e. The summed E-state index contributed by atoms with van der Waals surface area (Å²) in [5.41, 5.74) is 2.73. The summed E-state index contributed by atoms with van der Waals surface area (Å²) in [5, 5.41) is 0. The Labute approximate surface area is 181 Å². The molecule has 2 fully saturated rings. The van der Waals surface area contributed by atoms with E-state index < -0.39 is 0 Å². The highest BCUT2D eigenvalue weighted by molar-refractivity contribution is 5.14. The van der Waals surface area contributed by atoms with Crippen LogP contribution in [-0.2, 0) is 12.8 Å². The molecule has 0 atom stereocenters. The van der Waals surface area contributed by atoms with E-state index in [1.54, 1.807) is 12.8 Å². The molecule has 0 amide bonds. The van der Waals surface area contributed by atoms with Crippen molar-refractivity contribution in [3.05, 3.63) is 29.6 Å². The third-order valence-electron chi connectivity index (χ3n) is 8.18. The fourth-order valence-electron chi connectivity index (χ4n) is 6.06. The van der Waals surface area contributed by atoms with Crippen LogP contribution in [-0.4, -0.2) is 4.98 Å². The van der Waals surface area contributed by atoms with Crippen LogP contribution in [0.2, 0.25) is 0 Å². The lowest BCUT2D eigenvalue weighted by molar-refractivity contribution is 0.140. The van der Waals surface area contributed by atoms with E-state index in [0.717, 1.165) is 23.7 Å². The molecule has 0 bridgehead atoms. The Morgan fingerprint density at radius 3 is 1.86 bits per heavy atom. The molecule has 0 saturated heterocycles. The lowest BCUT2D eigenvalue weighted by atomic mass is 9.68. The zero-order valence-corrected chi connectivity index (χ0v) is 19.5. The number of hydrogen-bond acceptors (Lipinski definition) is 1. The molecule has 1 aromatic heterocycles. The fraction of sp³-hybridized carbons (Fsp3) is 0.821. The summed E-state index contributed by atoms with van der Waals surface area (Å²) in [5.74, 6) is 4.14. The van der Waals surface area contributed by atoms with Crippen molar-refractivity contribution in [1.82, 2.24) is 4.98 Å². The summed E-state index contributed by atoms with van der Waals surface area (Å²) in [6.07, 6.45) is 26.4. The van der Waals surface area contributed by atoms with Gasteiger partial charge in [-0.3, -0.25) is 4.98 Å². The minimum atomic E-state index is 0.957. The molecular weight excluding hydrogens is 350 g/mol. The SMILES string of the molecule is CCCCCC1CCC(C2CCC(CCc3ccc(CCCC)cn3)CC2)CC1. The van der Waals surface area contributed by atoms with Crippen LogP contribution in [0.25, 0.3) is 0 Å². The molecule has 2 aliphatic rings. The van der Waals surface area contributed by atoms with E-state index in [9.17, 15) is 0 Å². The normalized spacial score (nSPS) is 27.8. The van der Waals surface area contributed by atoms with Crippen molar-refractivity contribution in [1.29, 1.82) is 0 Å². The zero-order chi connectivity index (χ0) is 20.3. The average Bonchev–Trinajstić information content (AvgIpc) is 2.78. The minimum Gasteiger partial charge on any atom is -0.261 e. The van der Waals surface area contributed by atoms with Crippen LogP contribution < -0.4 is 0 Å². The van der Waals surface area contributed by atoms with E-state index in [4.69, 9.17) is 4.98 Å². The minimum absolute atomic E-state index is 0.957.